The maximum Gasteiger partial charge on any atom is 0.264 e. The first kappa shape index (κ1) is 16.5. The average Bonchev–Trinajstić information content (AvgIpc) is 3.17. The molecule has 2 amide bonds. The van der Waals surface area contributed by atoms with E-state index < -0.39 is 0 Å². The summed E-state index contributed by atoms with van der Waals surface area (Å²) in [5, 5.41) is 1.93. The van der Waals surface area contributed by atoms with Gasteiger partial charge in [0, 0.05) is 33.4 Å². The average molecular weight is 336 g/mol. The number of carbonyl (C=O) groups is 2. The van der Waals surface area contributed by atoms with E-state index in [1.165, 1.54) is 11.3 Å². The van der Waals surface area contributed by atoms with E-state index in [4.69, 9.17) is 4.74 Å². The van der Waals surface area contributed by atoms with Gasteiger partial charge in [0.2, 0.25) is 5.91 Å². The fourth-order valence-corrected chi connectivity index (χ4v) is 4.46. The van der Waals surface area contributed by atoms with Gasteiger partial charge in [0.05, 0.1) is 16.8 Å². The minimum atomic E-state index is -0.302. The summed E-state index contributed by atoms with van der Waals surface area (Å²) in [5.74, 6) is 0.262. The molecule has 5 nitrogen and oxygen atoms in total. The molecule has 1 spiro atoms. The predicted molar refractivity (Wildman–Crippen MR) is 89.6 cm³/mol. The largest absolute Gasteiger partial charge is 0.385 e. The van der Waals surface area contributed by atoms with Crippen molar-refractivity contribution in [2.24, 2.45) is 0 Å². The van der Waals surface area contributed by atoms with E-state index in [2.05, 4.69) is 0 Å². The van der Waals surface area contributed by atoms with Crippen LogP contribution in [0.1, 0.15) is 41.8 Å². The number of thiophene rings is 1. The summed E-state index contributed by atoms with van der Waals surface area (Å²) >= 11 is 1.48. The van der Waals surface area contributed by atoms with Crippen LogP contribution in [0, 0.1) is 0 Å². The second-order valence-electron chi connectivity index (χ2n) is 6.45. The van der Waals surface area contributed by atoms with Crippen molar-refractivity contribution in [2.45, 2.75) is 37.6 Å². The Labute approximate surface area is 141 Å². The van der Waals surface area contributed by atoms with Gasteiger partial charge >= 0.3 is 0 Å². The highest BCUT2D eigenvalue weighted by Gasteiger charge is 2.50. The molecular formula is C17H24N2O3S. The molecule has 2 saturated heterocycles. The molecule has 1 atom stereocenters. The maximum atomic E-state index is 12.9. The van der Waals surface area contributed by atoms with Crippen LogP contribution in [0.3, 0.4) is 0 Å². The van der Waals surface area contributed by atoms with Crippen molar-refractivity contribution in [1.82, 2.24) is 9.80 Å². The quantitative estimate of drug-likeness (QED) is 0.776. The first-order valence-corrected chi connectivity index (χ1v) is 9.16. The van der Waals surface area contributed by atoms with Gasteiger partial charge in [-0.1, -0.05) is 6.07 Å². The molecule has 0 radical (unpaired) electrons. The minimum Gasteiger partial charge on any atom is -0.385 e. The van der Waals surface area contributed by atoms with Gasteiger partial charge in [-0.15, -0.1) is 11.3 Å². The molecule has 0 aromatic carbocycles. The Balaban J connectivity index is 1.75. The highest BCUT2D eigenvalue weighted by atomic mass is 32.1. The lowest BCUT2D eigenvalue weighted by molar-refractivity contribution is -0.128. The van der Waals surface area contributed by atoms with Crippen LogP contribution in [0.4, 0.5) is 0 Å². The van der Waals surface area contributed by atoms with Crippen LogP contribution in [-0.2, 0) is 9.53 Å². The summed E-state index contributed by atoms with van der Waals surface area (Å²) in [5.41, 5.74) is -0.302. The van der Waals surface area contributed by atoms with Crippen molar-refractivity contribution in [3.05, 3.63) is 22.4 Å². The molecule has 2 aliphatic heterocycles. The second-order valence-corrected chi connectivity index (χ2v) is 7.40. The molecule has 2 aliphatic rings. The van der Waals surface area contributed by atoms with E-state index in [-0.39, 0.29) is 17.4 Å². The van der Waals surface area contributed by atoms with Gasteiger partial charge in [0.25, 0.3) is 5.91 Å². The van der Waals surface area contributed by atoms with Crippen LogP contribution in [0.5, 0.6) is 0 Å². The first-order chi connectivity index (χ1) is 11.2. The molecule has 0 aliphatic carbocycles. The Morgan fingerprint density at radius 2 is 2.30 bits per heavy atom. The van der Waals surface area contributed by atoms with E-state index in [0.717, 1.165) is 43.6 Å². The van der Waals surface area contributed by atoms with Crippen molar-refractivity contribution in [3.8, 4) is 0 Å². The normalized spacial score (nSPS) is 24.7. The molecule has 6 heteroatoms. The van der Waals surface area contributed by atoms with Crippen LogP contribution in [0.15, 0.2) is 17.5 Å². The minimum absolute atomic E-state index is 0.0891. The van der Waals surface area contributed by atoms with Crippen molar-refractivity contribution in [1.29, 1.82) is 0 Å². The van der Waals surface area contributed by atoms with Gasteiger partial charge in [-0.25, -0.2) is 0 Å². The number of ether oxygens (including phenoxy) is 1. The molecule has 0 unspecified atom stereocenters. The number of rotatable bonds is 5. The molecule has 0 saturated carbocycles. The summed E-state index contributed by atoms with van der Waals surface area (Å²) in [7, 11) is 1.68. The van der Waals surface area contributed by atoms with Gasteiger partial charge in [-0.3, -0.25) is 9.59 Å². The molecule has 3 heterocycles. The van der Waals surface area contributed by atoms with Crippen LogP contribution in [0.25, 0.3) is 0 Å². The van der Waals surface area contributed by atoms with E-state index in [1.807, 2.05) is 27.3 Å². The van der Waals surface area contributed by atoms with E-state index in [0.29, 0.717) is 19.6 Å². The van der Waals surface area contributed by atoms with Gasteiger partial charge in [-0.2, -0.15) is 0 Å². The molecule has 0 bridgehead atoms. The Hall–Kier alpha value is -1.40. The molecule has 126 valence electrons. The molecule has 3 rings (SSSR count). The van der Waals surface area contributed by atoms with E-state index >= 15 is 0 Å². The number of hydrogen-bond acceptors (Lipinski definition) is 4. The van der Waals surface area contributed by atoms with Gasteiger partial charge < -0.3 is 14.5 Å². The van der Waals surface area contributed by atoms with Crippen molar-refractivity contribution in [3.63, 3.8) is 0 Å². The Bertz CT molecular complexity index is 560. The fraction of sp³-hybridized carbons (Fsp3) is 0.647. The van der Waals surface area contributed by atoms with Crippen molar-refractivity contribution < 1.29 is 14.3 Å². The SMILES string of the molecule is COCCCN1C[C@@]2(CCCCN2C(=O)c2cccs2)CC1=O. The molecule has 1 aromatic heterocycles. The number of amides is 2. The third kappa shape index (κ3) is 3.28. The third-order valence-electron chi connectivity index (χ3n) is 4.92. The number of carbonyl (C=O) groups excluding carboxylic acids is 2. The number of hydrogen-bond donors (Lipinski definition) is 0. The van der Waals surface area contributed by atoms with E-state index in [9.17, 15) is 9.59 Å². The lowest BCUT2D eigenvalue weighted by atomic mass is 9.85. The predicted octanol–water partition coefficient (Wildman–Crippen LogP) is 2.38. The zero-order chi connectivity index (χ0) is 16.3. The second kappa shape index (κ2) is 7.01. The first-order valence-electron chi connectivity index (χ1n) is 8.28. The summed E-state index contributed by atoms with van der Waals surface area (Å²) in [6, 6.07) is 3.79. The fourth-order valence-electron chi connectivity index (χ4n) is 3.79. The van der Waals surface area contributed by atoms with Crippen LogP contribution < -0.4 is 0 Å². The summed E-state index contributed by atoms with van der Waals surface area (Å²) in [4.78, 5) is 30.0. The van der Waals surface area contributed by atoms with Crippen molar-refractivity contribution in [2.75, 3.05) is 33.4 Å². The van der Waals surface area contributed by atoms with Gasteiger partial charge in [-0.05, 0) is 37.1 Å². The number of piperidine rings is 1. The summed E-state index contributed by atoms with van der Waals surface area (Å²) < 4.78 is 5.08. The zero-order valence-corrected chi connectivity index (χ0v) is 14.4. The van der Waals surface area contributed by atoms with Crippen molar-refractivity contribution >= 4 is 23.2 Å². The van der Waals surface area contributed by atoms with Crippen LogP contribution in [-0.4, -0.2) is 60.5 Å². The molecular weight excluding hydrogens is 312 g/mol. The lowest BCUT2D eigenvalue weighted by Gasteiger charge is -2.44. The van der Waals surface area contributed by atoms with Crippen LogP contribution >= 0.6 is 11.3 Å². The smallest absolute Gasteiger partial charge is 0.264 e. The molecule has 0 N–H and O–H groups in total. The van der Waals surface area contributed by atoms with Crippen LogP contribution in [0.2, 0.25) is 0 Å². The summed E-state index contributed by atoms with van der Waals surface area (Å²) in [6.45, 7) is 2.81. The monoisotopic (exact) mass is 336 g/mol. The number of methoxy groups -OCH3 is 1. The maximum absolute atomic E-state index is 12.9. The summed E-state index contributed by atoms with van der Waals surface area (Å²) in [6.07, 6.45) is 4.36. The Kier molecular flexibility index (Phi) is 5.02. The number of nitrogens with zero attached hydrogens (tertiary/aromatic N) is 2. The molecule has 1 aromatic rings. The van der Waals surface area contributed by atoms with E-state index in [1.54, 1.807) is 7.11 Å². The Morgan fingerprint density at radius 1 is 1.43 bits per heavy atom. The third-order valence-corrected chi connectivity index (χ3v) is 5.78. The highest BCUT2D eigenvalue weighted by Crippen LogP contribution is 2.38. The molecule has 2 fully saturated rings. The molecule has 23 heavy (non-hydrogen) atoms. The standard InChI is InChI=1S/C17H24N2O3S/c1-22-10-5-8-18-13-17(12-15(18)20)7-2-3-9-19(17)16(21)14-6-4-11-23-14/h4,6,11H,2-3,5,7-10,12-13H2,1H3/t17-/m1/s1. The van der Waals surface area contributed by atoms with Gasteiger partial charge in [0.15, 0.2) is 0 Å². The zero-order valence-electron chi connectivity index (χ0n) is 13.6. The lowest BCUT2D eigenvalue weighted by Crippen LogP contribution is -2.56. The number of likely N-dealkylation sites (tertiary alicyclic amines) is 2. The van der Waals surface area contributed by atoms with Gasteiger partial charge in [0.1, 0.15) is 0 Å². The highest BCUT2D eigenvalue weighted by molar-refractivity contribution is 7.12. The topological polar surface area (TPSA) is 49.9 Å². The Morgan fingerprint density at radius 3 is 3.04 bits per heavy atom.